The highest BCUT2D eigenvalue weighted by molar-refractivity contribution is 5.45. The van der Waals surface area contributed by atoms with Crippen LogP contribution in [0.2, 0.25) is 0 Å². The molecule has 1 rings (SSSR count). The first kappa shape index (κ1) is 12.1. The molecule has 0 saturated carbocycles. The van der Waals surface area contributed by atoms with Crippen molar-refractivity contribution in [3.63, 3.8) is 0 Å². The van der Waals surface area contributed by atoms with Crippen molar-refractivity contribution in [2.24, 2.45) is 4.99 Å². The molecule has 2 heteroatoms. The van der Waals surface area contributed by atoms with Gasteiger partial charge in [-0.1, -0.05) is 49.6 Å². The van der Waals surface area contributed by atoms with E-state index in [-0.39, 0.29) is 0 Å². The fourth-order valence-corrected chi connectivity index (χ4v) is 0.667. The average Bonchev–Trinajstić information content (AvgIpc) is 2.20. The van der Waals surface area contributed by atoms with Crippen LogP contribution in [0.15, 0.2) is 54.2 Å². The molecule has 0 amide bonds. The first-order chi connectivity index (χ1) is 6.70. The Balaban J connectivity index is 0.000000255. The van der Waals surface area contributed by atoms with Crippen LogP contribution in [0, 0.1) is 0 Å². The van der Waals surface area contributed by atoms with Crippen LogP contribution in [0.1, 0.15) is 12.5 Å². The van der Waals surface area contributed by atoms with Crippen LogP contribution in [0.4, 0.5) is 0 Å². The summed E-state index contributed by atoms with van der Waals surface area (Å²) in [4.78, 5) is 12.4. The number of nitrogens with zero attached hydrogens (tertiary/aromatic N) is 1. The number of hydrogen-bond donors (Lipinski definition) is 0. The predicted octanol–water partition coefficient (Wildman–Crippen LogP) is 3.19. The van der Waals surface area contributed by atoms with Gasteiger partial charge in [0.2, 0.25) is 6.08 Å². The van der Waals surface area contributed by atoms with Gasteiger partial charge in [0.15, 0.2) is 0 Å². The summed E-state index contributed by atoms with van der Waals surface area (Å²) in [7, 11) is 0. The lowest BCUT2D eigenvalue weighted by molar-refractivity contribution is 0.564. The molecule has 1 aromatic rings. The largest absolute Gasteiger partial charge is 0.240 e. The third-order valence-electron chi connectivity index (χ3n) is 1.27. The topological polar surface area (TPSA) is 29.4 Å². The lowest BCUT2D eigenvalue weighted by atomic mass is 10.2. The Bertz CT molecular complexity index is 335. The Morgan fingerprint density at radius 3 is 2.21 bits per heavy atom. The minimum absolute atomic E-state index is 0.491. The van der Waals surface area contributed by atoms with Gasteiger partial charge in [-0.2, -0.15) is 4.99 Å². The van der Waals surface area contributed by atoms with Crippen LogP contribution in [0.3, 0.4) is 0 Å². The molecule has 1 aromatic carbocycles. The van der Waals surface area contributed by atoms with E-state index in [2.05, 4.69) is 18.2 Å². The first-order valence-electron chi connectivity index (χ1n) is 4.11. The quantitative estimate of drug-likeness (QED) is 0.516. The van der Waals surface area contributed by atoms with Crippen molar-refractivity contribution in [1.29, 1.82) is 0 Å². The van der Waals surface area contributed by atoms with Gasteiger partial charge in [0.1, 0.15) is 0 Å². The second-order valence-corrected chi connectivity index (χ2v) is 2.55. The molecule has 0 heterocycles. The van der Waals surface area contributed by atoms with Crippen LogP contribution >= 0.6 is 0 Å². The van der Waals surface area contributed by atoms with Gasteiger partial charge >= 0.3 is 0 Å². The summed E-state index contributed by atoms with van der Waals surface area (Å²) < 4.78 is 0. The Labute approximate surface area is 84.3 Å². The van der Waals surface area contributed by atoms with Gasteiger partial charge in [0, 0.05) is 5.70 Å². The number of rotatable bonds is 2. The molecule has 2 nitrogen and oxygen atoms in total. The third-order valence-corrected chi connectivity index (χ3v) is 1.27. The van der Waals surface area contributed by atoms with Gasteiger partial charge < -0.3 is 0 Å². The summed E-state index contributed by atoms with van der Waals surface area (Å²) in [5.74, 6) is 0. The second-order valence-electron chi connectivity index (χ2n) is 2.55. The molecule has 0 radical (unpaired) electrons. The molecular formula is C12H13NO. The Kier molecular flexibility index (Phi) is 6.66. The van der Waals surface area contributed by atoms with E-state index in [9.17, 15) is 4.79 Å². The molecule has 0 fully saturated rings. The third kappa shape index (κ3) is 6.77. The van der Waals surface area contributed by atoms with Crippen molar-refractivity contribution in [2.45, 2.75) is 6.92 Å². The minimum Gasteiger partial charge on any atom is -0.211 e. The lowest BCUT2D eigenvalue weighted by Crippen LogP contribution is -1.63. The normalized spacial score (nSPS) is 7.50. The van der Waals surface area contributed by atoms with Crippen LogP contribution in [-0.4, -0.2) is 6.08 Å². The number of isocyanates is 1. The van der Waals surface area contributed by atoms with E-state index < -0.39 is 0 Å². The summed E-state index contributed by atoms with van der Waals surface area (Å²) >= 11 is 0. The fraction of sp³-hybridized carbons (Fsp3) is 0.0833. The molecular weight excluding hydrogens is 174 g/mol. The van der Waals surface area contributed by atoms with E-state index in [1.807, 2.05) is 36.4 Å². The minimum atomic E-state index is 0.491. The highest BCUT2D eigenvalue weighted by atomic mass is 16.1. The standard InChI is InChI=1S/C8H8.C4H5NO/c1-2-8-6-4-3-5-7-8;1-4(2)5-3-6/h2-7H,1H2;1H2,2H3. The molecule has 0 aliphatic carbocycles. The van der Waals surface area contributed by atoms with Crippen molar-refractivity contribution in [3.05, 3.63) is 54.8 Å². The maximum absolute atomic E-state index is 9.26. The van der Waals surface area contributed by atoms with Crippen molar-refractivity contribution < 1.29 is 4.79 Å². The van der Waals surface area contributed by atoms with E-state index >= 15 is 0 Å². The zero-order valence-electron chi connectivity index (χ0n) is 8.23. The highest BCUT2D eigenvalue weighted by Crippen LogP contribution is 1.97. The summed E-state index contributed by atoms with van der Waals surface area (Å²) in [5.41, 5.74) is 1.66. The maximum Gasteiger partial charge on any atom is 0.240 e. The molecule has 0 aromatic heterocycles. The van der Waals surface area contributed by atoms with E-state index in [0.29, 0.717) is 5.70 Å². The molecule has 0 bridgehead atoms. The Morgan fingerprint density at radius 1 is 1.43 bits per heavy atom. The number of hydrogen-bond acceptors (Lipinski definition) is 2. The smallest absolute Gasteiger partial charge is 0.211 e. The summed E-state index contributed by atoms with van der Waals surface area (Å²) in [5, 5.41) is 0. The molecule has 0 atom stereocenters. The van der Waals surface area contributed by atoms with Crippen molar-refractivity contribution in [2.75, 3.05) is 0 Å². The molecule has 0 N–H and O–H groups in total. The summed E-state index contributed by atoms with van der Waals surface area (Å²) in [6.45, 7) is 8.58. The maximum atomic E-state index is 9.26. The van der Waals surface area contributed by atoms with Crippen LogP contribution in [0.25, 0.3) is 6.08 Å². The van der Waals surface area contributed by atoms with Gasteiger partial charge in [-0.25, -0.2) is 4.79 Å². The molecule has 0 aliphatic rings. The van der Waals surface area contributed by atoms with Crippen LogP contribution < -0.4 is 0 Å². The van der Waals surface area contributed by atoms with Gasteiger partial charge in [-0.3, -0.25) is 0 Å². The van der Waals surface area contributed by atoms with E-state index in [4.69, 9.17) is 0 Å². The molecule has 72 valence electrons. The van der Waals surface area contributed by atoms with E-state index in [0.717, 1.165) is 0 Å². The van der Waals surface area contributed by atoms with Gasteiger partial charge in [-0.15, -0.1) is 0 Å². The zero-order valence-corrected chi connectivity index (χ0v) is 8.23. The molecule has 0 spiro atoms. The van der Waals surface area contributed by atoms with E-state index in [1.165, 1.54) is 11.6 Å². The van der Waals surface area contributed by atoms with Crippen LogP contribution in [-0.2, 0) is 4.79 Å². The van der Waals surface area contributed by atoms with Crippen molar-refractivity contribution in [3.8, 4) is 0 Å². The van der Waals surface area contributed by atoms with Crippen molar-refractivity contribution >= 4 is 12.2 Å². The van der Waals surface area contributed by atoms with Gasteiger partial charge in [-0.05, 0) is 12.5 Å². The predicted molar refractivity (Wildman–Crippen MR) is 59.5 cm³/mol. The Hall–Kier alpha value is -1.92. The fourth-order valence-electron chi connectivity index (χ4n) is 0.667. The monoisotopic (exact) mass is 187 g/mol. The summed E-state index contributed by atoms with van der Waals surface area (Å²) in [6, 6.07) is 10.0. The number of carbonyl (C=O) groups excluding carboxylic acids is 1. The summed E-state index contributed by atoms with van der Waals surface area (Å²) in [6.07, 6.45) is 3.18. The van der Waals surface area contributed by atoms with Gasteiger partial charge in [0.05, 0.1) is 0 Å². The number of benzene rings is 1. The van der Waals surface area contributed by atoms with Crippen molar-refractivity contribution in [1.82, 2.24) is 0 Å². The molecule has 14 heavy (non-hydrogen) atoms. The lowest BCUT2D eigenvalue weighted by Gasteiger charge is -1.85. The second kappa shape index (κ2) is 7.71. The first-order valence-corrected chi connectivity index (χ1v) is 4.11. The Morgan fingerprint density at radius 2 is 2.00 bits per heavy atom. The SMILES string of the molecule is C=C(C)N=C=O.C=Cc1ccccc1. The molecule has 0 aliphatic heterocycles. The molecule has 0 saturated heterocycles. The van der Waals surface area contributed by atoms with Crippen LogP contribution in [0.5, 0.6) is 0 Å². The van der Waals surface area contributed by atoms with Gasteiger partial charge in [0.25, 0.3) is 0 Å². The molecule has 0 unspecified atom stereocenters. The number of aliphatic imine (C=N–C) groups is 1. The zero-order chi connectivity index (χ0) is 10.8. The number of allylic oxidation sites excluding steroid dienone is 1. The average molecular weight is 187 g/mol. The highest BCUT2D eigenvalue weighted by Gasteiger charge is 1.75. The van der Waals surface area contributed by atoms with E-state index in [1.54, 1.807) is 6.92 Å².